The van der Waals surface area contributed by atoms with Crippen molar-refractivity contribution >= 4 is 40.2 Å². The zero-order chi connectivity index (χ0) is 16.2. The fourth-order valence-electron chi connectivity index (χ4n) is 1.98. The number of carbonyl (C=O) groups is 2. The van der Waals surface area contributed by atoms with Gasteiger partial charge in [-0.1, -0.05) is 6.07 Å². The van der Waals surface area contributed by atoms with Crippen LogP contribution in [0.3, 0.4) is 0 Å². The highest BCUT2D eigenvalue weighted by Gasteiger charge is 2.10. The number of benzene rings is 1. The van der Waals surface area contributed by atoms with Crippen LogP contribution >= 0.6 is 22.7 Å². The highest BCUT2D eigenvalue weighted by molar-refractivity contribution is 7.13. The first-order valence-corrected chi connectivity index (χ1v) is 8.49. The third kappa shape index (κ3) is 3.82. The van der Waals surface area contributed by atoms with E-state index in [1.807, 2.05) is 29.6 Å². The van der Waals surface area contributed by atoms with Crippen LogP contribution in [0.25, 0.3) is 10.6 Å². The number of thiophene rings is 1. The minimum absolute atomic E-state index is 0.0401. The SMILES string of the molecule is O=C(Cc1cccs1)Nc1ccc(-c2nc(C(=O)O)cs2)cc1. The molecule has 0 aliphatic carbocycles. The molecule has 3 rings (SSSR count). The van der Waals surface area contributed by atoms with E-state index < -0.39 is 5.97 Å². The van der Waals surface area contributed by atoms with E-state index in [1.165, 1.54) is 16.7 Å². The second-order valence-electron chi connectivity index (χ2n) is 4.72. The van der Waals surface area contributed by atoms with Crippen molar-refractivity contribution in [1.82, 2.24) is 4.98 Å². The topological polar surface area (TPSA) is 79.3 Å². The van der Waals surface area contributed by atoms with Gasteiger partial charge in [0.25, 0.3) is 0 Å². The Kier molecular flexibility index (Phi) is 4.50. The summed E-state index contributed by atoms with van der Waals surface area (Å²) in [5.74, 6) is -1.10. The van der Waals surface area contributed by atoms with Crippen LogP contribution in [0.1, 0.15) is 15.4 Å². The molecule has 2 N–H and O–H groups in total. The van der Waals surface area contributed by atoms with Gasteiger partial charge in [-0.25, -0.2) is 9.78 Å². The summed E-state index contributed by atoms with van der Waals surface area (Å²) in [7, 11) is 0. The summed E-state index contributed by atoms with van der Waals surface area (Å²) in [6.07, 6.45) is 0.355. The molecule has 0 bridgehead atoms. The number of nitrogens with zero attached hydrogens (tertiary/aromatic N) is 1. The van der Waals surface area contributed by atoms with E-state index in [9.17, 15) is 9.59 Å². The Morgan fingerprint density at radius 3 is 2.52 bits per heavy atom. The average Bonchev–Trinajstić information content (AvgIpc) is 3.19. The van der Waals surface area contributed by atoms with Gasteiger partial charge >= 0.3 is 5.97 Å². The van der Waals surface area contributed by atoms with Crippen LogP contribution in [0.15, 0.2) is 47.2 Å². The molecule has 0 fully saturated rings. The van der Waals surface area contributed by atoms with Gasteiger partial charge in [-0.05, 0) is 35.7 Å². The summed E-state index contributed by atoms with van der Waals surface area (Å²) in [6, 6.07) is 11.0. The number of carboxylic acid groups (broad SMARTS) is 1. The van der Waals surface area contributed by atoms with E-state index in [4.69, 9.17) is 5.11 Å². The molecular weight excluding hydrogens is 332 g/mol. The van der Waals surface area contributed by atoms with Crippen LogP contribution in [0.4, 0.5) is 5.69 Å². The van der Waals surface area contributed by atoms with Gasteiger partial charge in [-0.2, -0.15) is 0 Å². The maximum Gasteiger partial charge on any atom is 0.355 e. The predicted molar refractivity (Wildman–Crippen MR) is 91.2 cm³/mol. The molecule has 0 radical (unpaired) electrons. The average molecular weight is 344 g/mol. The van der Waals surface area contributed by atoms with Gasteiger partial charge in [0.05, 0.1) is 6.42 Å². The predicted octanol–water partition coefficient (Wildman–Crippen LogP) is 3.75. The lowest BCUT2D eigenvalue weighted by molar-refractivity contribution is -0.115. The minimum atomic E-state index is -1.04. The number of nitrogens with one attached hydrogen (secondary N) is 1. The first-order chi connectivity index (χ1) is 11.1. The van der Waals surface area contributed by atoms with Crippen molar-refractivity contribution in [2.45, 2.75) is 6.42 Å². The normalized spacial score (nSPS) is 10.4. The third-order valence-corrected chi connectivity index (χ3v) is 4.82. The van der Waals surface area contributed by atoms with Gasteiger partial charge in [0.1, 0.15) is 5.01 Å². The molecular formula is C16H12N2O3S2. The van der Waals surface area contributed by atoms with E-state index in [-0.39, 0.29) is 11.6 Å². The van der Waals surface area contributed by atoms with Gasteiger partial charge in [-0.15, -0.1) is 22.7 Å². The van der Waals surface area contributed by atoms with E-state index in [1.54, 1.807) is 23.5 Å². The van der Waals surface area contributed by atoms with Crippen molar-refractivity contribution in [3.63, 3.8) is 0 Å². The van der Waals surface area contributed by atoms with E-state index >= 15 is 0 Å². The molecule has 0 aliphatic heterocycles. The van der Waals surface area contributed by atoms with Crippen LogP contribution in [0.5, 0.6) is 0 Å². The number of hydrogen-bond acceptors (Lipinski definition) is 5. The van der Waals surface area contributed by atoms with Crippen LogP contribution in [-0.2, 0) is 11.2 Å². The minimum Gasteiger partial charge on any atom is -0.476 e. The zero-order valence-electron chi connectivity index (χ0n) is 11.9. The second kappa shape index (κ2) is 6.72. The van der Waals surface area contributed by atoms with Gasteiger partial charge in [-0.3, -0.25) is 4.79 Å². The number of rotatable bonds is 5. The molecule has 0 saturated carbocycles. The largest absolute Gasteiger partial charge is 0.476 e. The standard InChI is InChI=1S/C16H12N2O3S2/c19-14(8-12-2-1-7-22-12)17-11-5-3-10(4-6-11)15-18-13(9-23-15)16(20)21/h1-7,9H,8H2,(H,17,19)(H,20,21). The first-order valence-electron chi connectivity index (χ1n) is 6.73. The molecule has 3 aromatic rings. The summed E-state index contributed by atoms with van der Waals surface area (Å²) in [4.78, 5) is 27.9. The van der Waals surface area contributed by atoms with Crippen molar-refractivity contribution in [3.8, 4) is 10.6 Å². The number of hydrogen-bond donors (Lipinski definition) is 2. The van der Waals surface area contributed by atoms with E-state index in [0.29, 0.717) is 17.1 Å². The van der Waals surface area contributed by atoms with Crippen molar-refractivity contribution in [1.29, 1.82) is 0 Å². The molecule has 2 aromatic heterocycles. The quantitative estimate of drug-likeness (QED) is 0.739. The Hall–Kier alpha value is -2.51. The Balaban J connectivity index is 1.66. The summed E-state index contributed by atoms with van der Waals surface area (Å²) in [5, 5.41) is 15.8. The molecule has 116 valence electrons. The molecule has 0 atom stereocenters. The number of carboxylic acids is 1. The maximum absolute atomic E-state index is 11.9. The Labute approximate surface area is 140 Å². The van der Waals surface area contributed by atoms with Gasteiger partial charge in [0.15, 0.2) is 5.69 Å². The number of thiazole rings is 1. The Bertz CT molecular complexity index is 823. The summed E-state index contributed by atoms with van der Waals surface area (Å²) in [5.41, 5.74) is 1.56. The van der Waals surface area contributed by atoms with Gasteiger partial charge in [0, 0.05) is 21.5 Å². The van der Waals surface area contributed by atoms with Gasteiger partial charge < -0.3 is 10.4 Å². The van der Waals surface area contributed by atoms with Crippen molar-refractivity contribution < 1.29 is 14.7 Å². The van der Waals surface area contributed by atoms with Crippen LogP contribution in [-0.4, -0.2) is 22.0 Å². The van der Waals surface area contributed by atoms with Crippen molar-refractivity contribution in [3.05, 3.63) is 57.7 Å². The molecule has 0 saturated heterocycles. The third-order valence-electron chi connectivity index (χ3n) is 3.05. The summed E-state index contributed by atoms with van der Waals surface area (Å²) < 4.78 is 0. The lowest BCUT2D eigenvalue weighted by Gasteiger charge is -2.05. The van der Waals surface area contributed by atoms with Crippen molar-refractivity contribution in [2.75, 3.05) is 5.32 Å². The fourth-order valence-corrected chi connectivity index (χ4v) is 3.48. The molecule has 1 amide bonds. The molecule has 0 aliphatic rings. The van der Waals surface area contributed by atoms with E-state index in [0.717, 1.165) is 10.4 Å². The lowest BCUT2D eigenvalue weighted by atomic mass is 10.2. The summed E-state index contributed by atoms with van der Waals surface area (Å²) in [6.45, 7) is 0. The van der Waals surface area contributed by atoms with Crippen LogP contribution < -0.4 is 5.32 Å². The number of amides is 1. The highest BCUT2D eigenvalue weighted by Crippen LogP contribution is 2.25. The molecule has 5 nitrogen and oxygen atoms in total. The Morgan fingerprint density at radius 1 is 1.13 bits per heavy atom. The molecule has 23 heavy (non-hydrogen) atoms. The van der Waals surface area contributed by atoms with Gasteiger partial charge in [0.2, 0.25) is 5.91 Å². The molecule has 0 spiro atoms. The number of carbonyl (C=O) groups excluding carboxylic acids is 1. The lowest BCUT2D eigenvalue weighted by Crippen LogP contribution is -2.13. The number of aromatic carboxylic acids is 1. The molecule has 0 unspecified atom stereocenters. The van der Waals surface area contributed by atoms with E-state index in [2.05, 4.69) is 10.3 Å². The summed E-state index contributed by atoms with van der Waals surface area (Å²) >= 11 is 2.83. The number of aromatic nitrogens is 1. The smallest absolute Gasteiger partial charge is 0.355 e. The zero-order valence-corrected chi connectivity index (χ0v) is 13.5. The molecule has 1 aromatic carbocycles. The fraction of sp³-hybridized carbons (Fsp3) is 0.0625. The molecule has 2 heterocycles. The van der Waals surface area contributed by atoms with Crippen LogP contribution in [0.2, 0.25) is 0 Å². The second-order valence-corrected chi connectivity index (χ2v) is 6.62. The monoisotopic (exact) mass is 344 g/mol. The van der Waals surface area contributed by atoms with Crippen LogP contribution in [0, 0.1) is 0 Å². The van der Waals surface area contributed by atoms with Crippen molar-refractivity contribution in [2.24, 2.45) is 0 Å². The maximum atomic E-state index is 11.9. The number of anilines is 1. The highest BCUT2D eigenvalue weighted by atomic mass is 32.1. The molecule has 7 heteroatoms. The first kappa shape index (κ1) is 15.4. The Morgan fingerprint density at radius 2 is 1.91 bits per heavy atom.